The van der Waals surface area contributed by atoms with Crippen molar-refractivity contribution in [2.24, 2.45) is 5.92 Å². The van der Waals surface area contributed by atoms with E-state index in [1.165, 1.54) is 19.9 Å². The van der Waals surface area contributed by atoms with Crippen LogP contribution in [0.15, 0.2) is 11.6 Å². The van der Waals surface area contributed by atoms with Crippen LogP contribution in [-0.2, 0) is 15.0 Å². The van der Waals surface area contributed by atoms with Crippen LogP contribution in [0.25, 0.3) is 0 Å². The second-order valence-electron chi connectivity index (χ2n) is 6.39. The summed E-state index contributed by atoms with van der Waals surface area (Å²) in [6.07, 6.45) is 2.31. The Hall–Kier alpha value is -1.03. The fourth-order valence-electron chi connectivity index (χ4n) is 3.44. The predicted molar refractivity (Wildman–Crippen MR) is 89.5 cm³/mol. The molecule has 3 rings (SSSR count). The SMILES string of the molecule is CC(C)N(C)S(=O)(=O)N1CC[C@H]2[C@H]1[C@H](C)C(=O)N2c1nccs1. The number of thiazole rings is 1. The maximum Gasteiger partial charge on any atom is 0.282 e. The molecule has 2 saturated heterocycles. The van der Waals surface area contributed by atoms with E-state index in [-0.39, 0.29) is 30.0 Å². The van der Waals surface area contributed by atoms with E-state index >= 15 is 0 Å². The summed E-state index contributed by atoms with van der Waals surface area (Å²) in [5.41, 5.74) is 0. The van der Waals surface area contributed by atoms with Crippen molar-refractivity contribution in [3.8, 4) is 0 Å². The van der Waals surface area contributed by atoms with E-state index in [0.717, 1.165) is 0 Å². The smallest absolute Gasteiger partial charge is 0.282 e. The molecule has 9 heteroatoms. The van der Waals surface area contributed by atoms with Crippen LogP contribution in [0.4, 0.5) is 5.13 Å². The second-order valence-corrected chi connectivity index (χ2v) is 9.20. The average molecular weight is 358 g/mol. The molecule has 1 aromatic rings. The fourth-order valence-corrected chi connectivity index (χ4v) is 5.97. The van der Waals surface area contributed by atoms with Gasteiger partial charge in [0.2, 0.25) is 5.91 Å². The van der Waals surface area contributed by atoms with E-state index < -0.39 is 10.2 Å². The summed E-state index contributed by atoms with van der Waals surface area (Å²) in [4.78, 5) is 18.6. The van der Waals surface area contributed by atoms with Crippen LogP contribution in [-0.4, -0.2) is 59.6 Å². The van der Waals surface area contributed by atoms with E-state index in [4.69, 9.17) is 0 Å². The molecule has 0 radical (unpaired) electrons. The molecule has 1 amide bonds. The van der Waals surface area contributed by atoms with Gasteiger partial charge in [0.05, 0.1) is 18.0 Å². The summed E-state index contributed by atoms with van der Waals surface area (Å²) in [6.45, 7) is 5.94. The van der Waals surface area contributed by atoms with Gasteiger partial charge in [0, 0.05) is 31.2 Å². The minimum absolute atomic E-state index is 0.0398. The van der Waals surface area contributed by atoms with Crippen molar-refractivity contribution in [1.29, 1.82) is 0 Å². The van der Waals surface area contributed by atoms with Gasteiger partial charge < -0.3 is 0 Å². The summed E-state index contributed by atoms with van der Waals surface area (Å²) >= 11 is 1.41. The first-order valence-electron chi connectivity index (χ1n) is 7.74. The van der Waals surface area contributed by atoms with Crippen LogP contribution in [0.2, 0.25) is 0 Å². The largest absolute Gasteiger partial charge is 0.283 e. The molecular formula is C14H22N4O3S2. The molecule has 1 aromatic heterocycles. The van der Waals surface area contributed by atoms with Crippen molar-refractivity contribution < 1.29 is 13.2 Å². The van der Waals surface area contributed by atoms with Gasteiger partial charge in [0.15, 0.2) is 5.13 Å². The summed E-state index contributed by atoms with van der Waals surface area (Å²) < 4.78 is 28.6. The van der Waals surface area contributed by atoms with Crippen molar-refractivity contribution in [3.05, 3.63) is 11.6 Å². The zero-order valence-corrected chi connectivity index (χ0v) is 15.3. The molecule has 3 atom stereocenters. The number of anilines is 1. The fraction of sp³-hybridized carbons (Fsp3) is 0.714. The van der Waals surface area contributed by atoms with Crippen molar-refractivity contribution in [1.82, 2.24) is 13.6 Å². The number of nitrogens with zero attached hydrogens (tertiary/aromatic N) is 4. The highest BCUT2D eigenvalue weighted by Crippen LogP contribution is 2.41. The van der Waals surface area contributed by atoms with E-state index in [1.807, 2.05) is 26.2 Å². The lowest BCUT2D eigenvalue weighted by Crippen LogP contribution is -2.49. The van der Waals surface area contributed by atoms with Gasteiger partial charge in [-0.2, -0.15) is 17.0 Å². The number of carbonyl (C=O) groups excluding carboxylic acids is 1. The van der Waals surface area contributed by atoms with Crippen LogP contribution in [0.5, 0.6) is 0 Å². The number of aromatic nitrogens is 1. The van der Waals surface area contributed by atoms with Crippen LogP contribution in [0, 0.1) is 5.92 Å². The maximum atomic E-state index is 12.9. The predicted octanol–water partition coefficient (Wildman–Crippen LogP) is 1.15. The quantitative estimate of drug-likeness (QED) is 0.809. The summed E-state index contributed by atoms with van der Waals surface area (Å²) in [5, 5.41) is 2.49. The number of hydrogen-bond donors (Lipinski definition) is 0. The minimum Gasteiger partial charge on any atom is -0.283 e. The molecule has 3 heterocycles. The Bertz CT molecular complexity index is 689. The van der Waals surface area contributed by atoms with Gasteiger partial charge in [-0.15, -0.1) is 11.3 Å². The first kappa shape index (κ1) is 16.8. The summed E-state index contributed by atoms with van der Waals surface area (Å²) in [6, 6.07) is -0.571. The monoisotopic (exact) mass is 358 g/mol. The Labute approximate surface area is 141 Å². The number of fused-ring (bicyclic) bond motifs is 1. The average Bonchev–Trinajstić information content (AvgIpc) is 3.19. The highest BCUT2D eigenvalue weighted by atomic mass is 32.2. The number of amides is 1. The Morgan fingerprint density at radius 3 is 2.70 bits per heavy atom. The van der Waals surface area contributed by atoms with Crippen molar-refractivity contribution in [2.75, 3.05) is 18.5 Å². The third kappa shape index (κ3) is 2.50. The molecule has 0 N–H and O–H groups in total. The number of carbonyl (C=O) groups is 1. The normalized spacial score (nSPS) is 29.0. The Morgan fingerprint density at radius 1 is 1.43 bits per heavy atom. The van der Waals surface area contributed by atoms with Gasteiger partial charge in [0.25, 0.3) is 10.2 Å². The van der Waals surface area contributed by atoms with Crippen molar-refractivity contribution in [3.63, 3.8) is 0 Å². The topological polar surface area (TPSA) is 73.8 Å². The molecule has 2 fully saturated rings. The molecule has 0 aliphatic carbocycles. The Kier molecular flexibility index (Phi) is 4.24. The molecule has 2 aliphatic rings. The molecule has 2 aliphatic heterocycles. The zero-order chi connectivity index (χ0) is 16.9. The molecule has 23 heavy (non-hydrogen) atoms. The third-order valence-electron chi connectivity index (χ3n) is 4.86. The molecule has 0 bridgehead atoms. The zero-order valence-electron chi connectivity index (χ0n) is 13.7. The van der Waals surface area contributed by atoms with Crippen LogP contribution >= 0.6 is 11.3 Å². The Morgan fingerprint density at radius 2 is 2.13 bits per heavy atom. The van der Waals surface area contributed by atoms with Gasteiger partial charge >= 0.3 is 0 Å². The lowest BCUT2D eigenvalue weighted by atomic mass is 10.0. The first-order valence-corrected chi connectivity index (χ1v) is 10.0. The highest BCUT2D eigenvalue weighted by Gasteiger charge is 2.56. The van der Waals surface area contributed by atoms with Gasteiger partial charge in [-0.05, 0) is 20.3 Å². The lowest BCUT2D eigenvalue weighted by Gasteiger charge is -2.31. The van der Waals surface area contributed by atoms with E-state index in [0.29, 0.717) is 18.1 Å². The van der Waals surface area contributed by atoms with Gasteiger partial charge in [-0.1, -0.05) is 6.92 Å². The standard InChI is InChI=1S/C14H22N4O3S2/c1-9(2)16(4)23(20,21)17-7-5-11-12(17)10(3)13(19)18(11)14-15-6-8-22-14/h6,8-12H,5,7H2,1-4H3/t10-,11-,12+/m0/s1. The second kappa shape index (κ2) is 5.80. The van der Waals surface area contributed by atoms with Gasteiger partial charge in [-0.25, -0.2) is 4.98 Å². The third-order valence-corrected chi connectivity index (χ3v) is 7.79. The van der Waals surface area contributed by atoms with Crippen LogP contribution in [0.1, 0.15) is 27.2 Å². The van der Waals surface area contributed by atoms with E-state index in [9.17, 15) is 13.2 Å². The van der Waals surface area contributed by atoms with Crippen LogP contribution in [0.3, 0.4) is 0 Å². The van der Waals surface area contributed by atoms with Gasteiger partial charge in [-0.3, -0.25) is 9.69 Å². The number of rotatable bonds is 4. The molecule has 128 valence electrons. The first-order chi connectivity index (χ1) is 10.8. The maximum absolute atomic E-state index is 12.9. The van der Waals surface area contributed by atoms with Crippen LogP contribution < -0.4 is 4.90 Å². The Balaban J connectivity index is 1.94. The molecular weight excluding hydrogens is 336 g/mol. The molecule has 0 saturated carbocycles. The van der Waals surface area contributed by atoms with E-state index in [1.54, 1.807) is 18.1 Å². The summed E-state index contributed by atoms with van der Waals surface area (Å²) in [7, 11) is -1.98. The molecule has 0 aromatic carbocycles. The number of hydrogen-bond acceptors (Lipinski definition) is 5. The van der Waals surface area contributed by atoms with Gasteiger partial charge in [0.1, 0.15) is 0 Å². The molecule has 0 unspecified atom stereocenters. The minimum atomic E-state index is -3.57. The molecule has 7 nitrogen and oxygen atoms in total. The van der Waals surface area contributed by atoms with Crippen molar-refractivity contribution in [2.45, 2.75) is 45.3 Å². The van der Waals surface area contributed by atoms with Crippen molar-refractivity contribution >= 4 is 32.6 Å². The highest BCUT2D eigenvalue weighted by molar-refractivity contribution is 7.86. The van der Waals surface area contributed by atoms with E-state index in [2.05, 4.69) is 4.98 Å². The molecule has 0 spiro atoms. The lowest BCUT2D eigenvalue weighted by molar-refractivity contribution is -0.120. The summed E-state index contributed by atoms with van der Waals surface area (Å²) in [5.74, 6) is -0.399.